The predicted octanol–water partition coefficient (Wildman–Crippen LogP) is 1.09. The molecule has 1 aliphatic heterocycles. The fourth-order valence-corrected chi connectivity index (χ4v) is 1.71. The molecule has 0 unspecified atom stereocenters. The number of amides is 2. The Morgan fingerprint density at radius 2 is 2.00 bits per heavy atom. The van der Waals surface area contributed by atoms with Crippen LogP contribution >= 0.6 is 0 Å². The predicted molar refractivity (Wildman–Crippen MR) is 64.2 cm³/mol. The number of hydrogen-bond donors (Lipinski definition) is 1. The second kappa shape index (κ2) is 4.89. The van der Waals surface area contributed by atoms with E-state index in [-0.39, 0.29) is 0 Å². The molecule has 1 heterocycles. The third-order valence-corrected chi connectivity index (χ3v) is 2.82. The van der Waals surface area contributed by atoms with Crippen molar-refractivity contribution in [3.8, 4) is 12.3 Å². The van der Waals surface area contributed by atoms with E-state index in [2.05, 4.69) is 0 Å². The number of hydrogen-bond acceptors (Lipinski definition) is 2. The van der Waals surface area contributed by atoms with Crippen LogP contribution in [0.15, 0.2) is 18.2 Å². The van der Waals surface area contributed by atoms with Gasteiger partial charge in [-0.15, -0.1) is 6.42 Å². The lowest BCUT2D eigenvalue weighted by molar-refractivity contribution is -0.150. The van der Waals surface area contributed by atoms with E-state index in [4.69, 9.17) is 6.42 Å². The van der Waals surface area contributed by atoms with Crippen molar-refractivity contribution in [3.63, 3.8) is 0 Å². The summed E-state index contributed by atoms with van der Waals surface area (Å²) in [6.45, 7) is -0.803. The molecule has 0 aromatic heterocycles. The van der Waals surface area contributed by atoms with Gasteiger partial charge in [0.05, 0.1) is 18.8 Å². The third-order valence-electron chi connectivity index (χ3n) is 2.82. The maximum Gasteiger partial charge on any atom is 0.313 e. The molecular weight excluding hydrogens is 273 g/mol. The molecule has 0 bridgehead atoms. The summed E-state index contributed by atoms with van der Waals surface area (Å²) in [6.07, 6.45) is 4.91. The Morgan fingerprint density at radius 1 is 1.35 bits per heavy atom. The largest absolute Gasteiger partial charge is 0.326 e. The molecule has 2 rings (SSSR count). The van der Waals surface area contributed by atoms with Gasteiger partial charge in [0, 0.05) is 0 Å². The number of carbonyl (C=O) groups excluding carboxylic acids is 2. The van der Waals surface area contributed by atoms with Crippen molar-refractivity contribution in [2.75, 3.05) is 18.4 Å². The van der Waals surface area contributed by atoms with Gasteiger partial charge in [-0.2, -0.15) is 0 Å². The number of nitrogens with one attached hydrogen (secondary N) is 1. The molecule has 1 N–H and O–H groups in total. The molecule has 7 heteroatoms. The number of rotatable bonds is 1. The second-order valence-electron chi connectivity index (χ2n) is 4.33. The van der Waals surface area contributed by atoms with Gasteiger partial charge in [-0.25, -0.2) is 13.2 Å². The van der Waals surface area contributed by atoms with Gasteiger partial charge in [-0.3, -0.25) is 9.59 Å². The molecule has 0 saturated carbocycles. The third kappa shape index (κ3) is 2.45. The standard InChI is InChI=1S/C13H9F3N2O2/c1-2-13(16)6-18(7-13)12(20)11(19)17-9-5-3-4-8(14)10(9)15/h1,3-5H,6-7H2,(H,17,19). The fraction of sp³-hybridized carbons (Fsp3) is 0.231. The molecule has 2 amide bonds. The summed E-state index contributed by atoms with van der Waals surface area (Å²) < 4.78 is 39.6. The Hall–Kier alpha value is -2.49. The van der Waals surface area contributed by atoms with E-state index in [0.717, 1.165) is 17.0 Å². The summed E-state index contributed by atoms with van der Waals surface area (Å²) in [5.41, 5.74) is -2.40. The van der Waals surface area contributed by atoms with Gasteiger partial charge in [0.2, 0.25) is 5.67 Å². The average molecular weight is 282 g/mol. The van der Waals surface area contributed by atoms with E-state index >= 15 is 0 Å². The van der Waals surface area contributed by atoms with Gasteiger partial charge in [-0.1, -0.05) is 12.0 Å². The molecule has 1 fully saturated rings. The van der Waals surface area contributed by atoms with Gasteiger partial charge >= 0.3 is 11.8 Å². The van der Waals surface area contributed by atoms with Crippen molar-refractivity contribution in [1.29, 1.82) is 0 Å². The van der Waals surface area contributed by atoms with Crippen LogP contribution in [0, 0.1) is 24.0 Å². The lowest BCUT2D eigenvalue weighted by atomic mass is 9.97. The molecule has 1 aliphatic rings. The Morgan fingerprint density at radius 3 is 2.60 bits per heavy atom. The SMILES string of the molecule is C#CC1(F)CN(C(=O)C(=O)Nc2cccc(F)c2F)C1. The quantitative estimate of drug-likeness (QED) is 0.619. The molecule has 1 aromatic rings. The monoisotopic (exact) mass is 282 g/mol. The molecule has 0 aliphatic carbocycles. The number of halogens is 3. The molecule has 0 atom stereocenters. The lowest BCUT2D eigenvalue weighted by Crippen LogP contribution is -2.62. The fourth-order valence-electron chi connectivity index (χ4n) is 1.71. The van der Waals surface area contributed by atoms with Crippen LogP contribution in [0.25, 0.3) is 0 Å². The zero-order chi connectivity index (χ0) is 14.9. The molecule has 20 heavy (non-hydrogen) atoms. The summed E-state index contributed by atoms with van der Waals surface area (Å²) in [5, 5.41) is 1.93. The van der Waals surface area contributed by atoms with E-state index in [1.54, 1.807) is 0 Å². The van der Waals surface area contributed by atoms with Crippen LogP contribution in [0.2, 0.25) is 0 Å². The second-order valence-corrected chi connectivity index (χ2v) is 4.33. The molecule has 4 nitrogen and oxygen atoms in total. The molecule has 0 spiro atoms. The number of terminal acetylenes is 1. The van der Waals surface area contributed by atoms with Gasteiger partial charge < -0.3 is 10.2 Å². The van der Waals surface area contributed by atoms with Crippen LogP contribution < -0.4 is 5.32 Å². The first kappa shape index (κ1) is 13.9. The smallest absolute Gasteiger partial charge is 0.313 e. The van der Waals surface area contributed by atoms with Crippen LogP contribution in [-0.4, -0.2) is 35.5 Å². The van der Waals surface area contributed by atoms with Crippen molar-refractivity contribution in [3.05, 3.63) is 29.8 Å². The number of nitrogens with zero attached hydrogens (tertiary/aromatic N) is 1. The van der Waals surface area contributed by atoms with E-state index in [9.17, 15) is 22.8 Å². The maximum atomic E-state index is 13.4. The molecule has 104 valence electrons. The zero-order valence-corrected chi connectivity index (χ0v) is 10.1. The Balaban J connectivity index is 2.01. The normalized spacial score (nSPS) is 16.0. The first-order chi connectivity index (χ1) is 9.36. The first-order valence-corrected chi connectivity index (χ1v) is 5.57. The highest BCUT2D eigenvalue weighted by molar-refractivity contribution is 6.39. The minimum atomic E-state index is -1.93. The van der Waals surface area contributed by atoms with E-state index < -0.39 is 47.9 Å². The topological polar surface area (TPSA) is 49.4 Å². The summed E-state index contributed by atoms with van der Waals surface area (Å²) in [7, 11) is 0. The molecular formula is C13H9F3N2O2. The number of likely N-dealkylation sites (tertiary alicyclic amines) is 1. The maximum absolute atomic E-state index is 13.4. The summed E-state index contributed by atoms with van der Waals surface area (Å²) in [5.74, 6) is -2.81. The van der Waals surface area contributed by atoms with Crippen LogP contribution in [0.1, 0.15) is 0 Å². The summed E-state index contributed by atoms with van der Waals surface area (Å²) in [4.78, 5) is 24.0. The Bertz CT molecular complexity index is 619. The Labute approximate surface area is 112 Å². The average Bonchev–Trinajstić information content (AvgIpc) is 2.39. The van der Waals surface area contributed by atoms with Crippen molar-refractivity contribution in [2.24, 2.45) is 0 Å². The number of anilines is 1. The summed E-state index contributed by atoms with van der Waals surface area (Å²) in [6, 6.07) is 3.14. The van der Waals surface area contributed by atoms with Gasteiger partial charge in [0.1, 0.15) is 0 Å². The Kier molecular flexibility index (Phi) is 3.40. The van der Waals surface area contributed by atoms with Crippen LogP contribution in [0.4, 0.5) is 18.9 Å². The highest BCUT2D eigenvalue weighted by atomic mass is 19.2. The first-order valence-electron chi connectivity index (χ1n) is 5.57. The van der Waals surface area contributed by atoms with E-state index in [0.29, 0.717) is 0 Å². The molecule has 1 saturated heterocycles. The van der Waals surface area contributed by atoms with Gasteiger partial charge in [0.15, 0.2) is 11.6 Å². The van der Waals surface area contributed by atoms with Gasteiger partial charge in [-0.05, 0) is 12.1 Å². The van der Waals surface area contributed by atoms with Crippen LogP contribution in [0.5, 0.6) is 0 Å². The van der Waals surface area contributed by atoms with Crippen LogP contribution in [0.3, 0.4) is 0 Å². The van der Waals surface area contributed by atoms with Gasteiger partial charge in [0.25, 0.3) is 0 Å². The highest BCUT2D eigenvalue weighted by Crippen LogP contribution is 2.24. The number of carbonyl (C=O) groups is 2. The number of alkyl halides is 1. The van der Waals surface area contributed by atoms with Crippen LogP contribution in [-0.2, 0) is 9.59 Å². The van der Waals surface area contributed by atoms with Crippen molar-refractivity contribution >= 4 is 17.5 Å². The van der Waals surface area contributed by atoms with Crippen molar-refractivity contribution in [1.82, 2.24) is 4.90 Å². The number of benzene rings is 1. The minimum Gasteiger partial charge on any atom is -0.326 e. The van der Waals surface area contributed by atoms with E-state index in [1.807, 2.05) is 11.2 Å². The molecule has 0 radical (unpaired) electrons. The lowest BCUT2D eigenvalue weighted by Gasteiger charge is -2.40. The summed E-state index contributed by atoms with van der Waals surface area (Å²) >= 11 is 0. The van der Waals surface area contributed by atoms with Crippen molar-refractivity contribution < 1.29 is 22.8 Å². The zero-order valence-electron chi connectivity index (χ0n) is 10.1. The van der Waals surface area contributed by atoms with Crippen molar-refractivity contribution in [2.45, 2.75) is 5.67 Å². The highest BCUT2D eigenvalue weighted by Gasteiger charge is 2.46. The van der Waals surface area contributed by atoms with E-state index in [1.165, 1.54) is 6.07 Å². The molecule has 1 aromatic carbocycles. The minimum absolute atomic E-state index is 0.401.